The van der Waals surface area contributed by atoms with Crippen molar-refractivity contribution in [1.29, 1.82) is 0 Å². The number of hydrogen-bond donors (Lipinski definition) is 1. The van der Waals surface area contributed by atoms with Gasteiger partial charge in [0, 0.05) is 18.5 Å². The molecule has 8 heteroatoms. The highest BCUT2D eigenvalue weighted by Gasteiger charge is 2.35. The fraction of sp³-hybridized carbons (Fsp3) is 0.700. The maximum absolute atomic E-state index is 12.9. The monoisotopic (exact) mass is 419 g/mol. The first-order valence-corrected chi connectivity index (χ1v) is 10.8. The second-order valence-electron chi connectivity index (χ2n) is 6.70. The van der Waals surface area contributed by atoms with Gasteiger partial charge in [-0.3, -0.25) is 9.48 Å². The Morgan fingerprint density at radius 1 is 1.36 bits per heavy atom. The van der Waals surface area contributed by atoms with Crippen LogP contribution in [0, 0.1) is 5.92 Å². The summed E-state index contributed by atoms with van der Waals surface area (Å²) in [5.41, 5.74) is -0.568. The third-order valence-corrected chi connectivity index (χ3v) is 5.91. The lowest BCUT2D eigenvalue weighted by atomic mass is 9.89. The molecule has 1 heterocycles. The van der Waals surface area contributed by atoms with Gasteiger partial charge in [0.2, 0.25) is 5.91 Å². The third kappa shape index (κ3) is 7.18. The highest BCUT2D eigenvalue weighted by atomic mass is 32.2. The van der Waals surface area contributed by atoms with Crippen LogP contribution in [0.2, 0.25) is 0 Å². The van der Waals surface area contributed by atoms with E-state index in [9.17, 15) is 18.0 Å². The Morgan fingerprint density at radius 2 is 1.96 bits per heavy atom. The van der Waals surface area contributed by atoms with Gasteiger partial charge in [0.25, 0.3) is 0 Å². The number of carbonyl (C=O) groups excluding carboxylic acids is 1. The number of carbonyl (C=O) groups is 1. The summed E-state index contributed by atoms with van der Waals surface area (Å²) in [5, 5.41) is 6.54. The van der Waals surface area contributed by atoms with E-state index in [1.54, 1.807) is 19.9 Å². The van der Waals surface area contributed by atoms with Crippen molar-refractivity contribution in [3.8, 4) is 0 Å². The van der Waals surface area contributed by atoms with E-state index >= 15 is 0 Å². The zero-order chi connectivity index (χ0) is 21.3. The molecular formula is C20H32F3N3OS. The smallest absolute Gasteiger partial charge is 0.355 e. The fourth-order valence-electron chi connectivity index (χ4n) is 3.15. The Kier molecular flexibility index (Phi) is 10.1. The predicted octanol–water partition coefficient (Wildman–Crippen LogP) is 5.64. The van der Waals surface area contributed by atoms with E-state index in [0.29, 0.717) is 17.4 Å². The lowest BCUT2D eigenvalue weighted by Gasteiger charge is -2.22. The van der Waals surface area contributed by atoms with Crippen molar-refractivity contribution >= 4 is 22.6 Å². The highest BCUT2D eigenvalue weighted by Crippen LogP contribution is 2.35. The predicted molar refractivity (Wildman–Crippen MR) is 110 cm³/mol. The summed E-state index contributed by atoms with van der Waals surface area (Å²) >= 11 is 1.23. The highest BCUT2D eigenvalue weighted by molar-refractivity contribution is 8.09. The van der Waals surface area contributed by atoms with Crippen LogP contribution in [-0.4, -0.2) is 27.5 Å². The number of amides is 1. The van der Waals surface area contributed by atoms with E-state index in [1.807, 2.05) is 13.8 Å². The Balaban J connectivity index is 0.00000190. The summed E-state index contributed by atoms with van der Waals surface area (Å²) in [5.74, 6) is 0.447. The lowest BCUT2D eigenvalue weighted by molar-refractivity contribution is -0.143. The van der Waals surface area contributed by atoms with Crippen LogP contribution >= 0.6 is 11.8 Å². The zero-order valence-electron chi connectivity index (χ0n) is 17.4. The zero-order valence-corrected chi connectivity index (χ0v) is 18.2. The molecule has 1 aliphatic carbocycles. The molecule has 0 aliphatic heterocycles. The molecule has 160 valence electrons. The van der Waals surface area contributed by atoms with Crippen molar-refractivity contribution in [1.82, 2.24) is 15.1 Å². The number of rotatable bonds is 6. The molecule has 1 aliphatic rings. The quantitative estimate of drug-likeness (QED) is 0.649. The second kappa shape index (κ2) is 11.5. The second-order valence-corrected chi connectivity index (χ2v) is 8.08. The number of hydrogen-bond acceptors (Lipinski definition) is 3. The molecule has 1 fully saturated rings. The van der Waals surface area contributed by atoms with Gasteiger partial charge in [0.1, 0.15) is 5.69 Å². The first-order chi connectivity index (χ1) is 13.2. The standard InChI is InChI=1S/C18H26F3N3OS.C2H6/c1-4-15(14-10-16(18(19,20)21)24(3)23-14)26-12(2)17(25)22-11-13-8-6-5-7-9-13;1-2/h4,10,12-13H,5-9,11H2,1-3H3,(H,22,25);1-2H3/b15-4-;. The molecule has 4 nitrogen and oxygen atoms in total. The molecular weight excluding hydrogens is 387 g/mol. The number of halogens is 3. The van der Waals surface area contributed by atoms with Crippen LogP contribution in [0.25, 0.3) is 4.91 Å². The average molecular weight is 420 g/mol. The number of thioether (sulfide) groups is 1. The van der Waals surface area contributed by atoms with Crippen molar-refractivity contribution in [3.05, 3.63) is 23.5 Å². The molecule has 1 atom stereocenters. The topological polar surface area (TPSA) is 46.9 Å². The summed E-state index contributed by atoms with van der Waals surface area (Å²) in [4.78, 5) is 12.9. The summed E-state index contributed by atoms with van der Waals surface area (Å²) in [6.07, 6.45) is 3.24. The number of allylic oxidation sites excluding steroid dienone is 1. The van der Waals surface area contributed by atoms with Crippen LogP contribution in [0.1, 0.15) is 71.2 Å². The molecule has 1 aromatic rings. The minimum Gasteiger partial charge on any atom is -0.355 e. The summed E-state index contributed by atoms with van der Waals surface area (Å²) in [6, 6.07) is 1.02. The molecule has 1 N–H and O–H groups in total. The maximum Gasteiger partial charge on any atom is 0.433 e. The van der Waals surface area contributed by atoms with Crippen LogP contribution in [0.3, 0.4) is 0 Å². The number of nitrogens with one attached hydrogen (secondary N) is 1. The van der Waals surface area contributed by atoms with Gasteiger partial charge in [-0.05, 0) is 38.7 Å². The van der Waals surface area contributed by atoms with Gasteiger partial charge in [-0.25, -0.2) is 0 Å². The van der Waals surface area contributed by atoms with Crippen LogP contribution in [0.4, 0.5) is 13.2 Å². The van der Waals surface area contributed by atoms with Crippen molar-refractivity contribution in [3.63, 3.8) is 0 Å². The molecule has 0 saturated heterocycles. The van der Waals surface area contributed by atoms with Crippen LogP contribution in [-0.2, 0) is 18.0 Å². The van der Waals surface area contributed by atoms with Crippen LogP contribution < -0.4 is 5.32 Å². The van der Waals surface area contributed by atoms with E-state index in [-0.39, 0.29) is 11.6 Å². The molecule has 0 bridgehead atoms. The van der Waals surface area contributed by atoms with E-state index in [2.05, 4.69) is 10.4 Å². The van der Waals surface area contributed by atoms with Gasteiger partial charge >= 0.3 is 6.18 Å². The molecule has 0 radical (unpaired) electrons. The molecule has 1 amide bonds. The van der Waals surface area contributed by atoms with Gasteiger partial charge < -0.3 is 5.32 Å². The number of nitrogens with zero attached hydrogens (tertiary/aromatic N) is 2. The molecule has 1 saturated carbocycles. The van der Waals surface area contributed by atoms with Crippen molar-refractivity contribution in [2.24, 2.45) is 13.0 Å². The van der Waals surface area contributed by atoms with E-state index in [0.717, 1.165) is 23.6 Å². The lowest BCUT2D eigenvalue weighted by Crippen LogP contribution is -2.35. The molecule has 0 aromatic carbocycles. The Bertz CT molecular complexity index is 650. The molecule has 28 heavy (non-hydrogen) atoms. The molecule has 2 rings (SSSR count). The largest absolute Gasteiger partial charge is 0.433 e. The summed E-state index contributed by atoms with van der Waals surface area (Å²) in [6.45, 7) is 8.17. The Morgan fingerprint density at radius 3 is 2.46 bits per heavy atom. The minimum atomic E-state index is -4.45. The van der Waals surface area contributed by atoms with Crippen LogP contribution in [0.5, 0.6) is 0 Å². The first-order valence-electron chi connectivity index (χ1n) is 9.94. The van der Waals surface area contributed by atoms with Crippen molar-refractivity contribution in [2.45, 2.75) is 71.2 Å². The van der Waals surface area contributed by atoms with Gasteiger partial charge in [-0.15, -0.1) is 11.8 Å². The number of aromatic nitrogens is 2. The number of alkyl halides is 3. The van der Waals surface area contributed by atoms with Gasteiger partial charge in [0.15, 0.2) is 0 Å². The van der Waals surface area contributed by atoms with E-state index in [1.165, 1.54) is 38.1 Å². The fourth-order valence-corrected chi connectivity index (χ4v) is 4.08. The third-order valence-electron chi connectivity index (χ3n) is 4.65. The van der Waals surface area contributed by atoms with Crippen molar-refractivity contribution < 1.29 is 18.0 Å². The maximum atomic E-state index is 12.9. The number of aryl methyl sites for hydroxylation is 1. The Hall–Kier alpha value is -1.44. The van der Waals surface area contributed by atoms with Crippen molar-refractivity contribution in [2.75, 3.05) is 6.54 Å². The molecule has 0 spiro atoms. The normalized spacial score (nSPS) is 16.9. The molecule has 1 aromatic heterocycles. The first kappa shape index (κ1) is 24.6. The molecule has 1 unspecified atom stereocenters. The summed E-state index contributed by atoms with van der Waals surface area (Å²) in [7, 11) is 1.27. The van der Waals surface area contributed by atoms with E-state index < -0.39 is 17.1 Å². The SMILES string of the molecule is C/C=C(\SC(C)C(=O)NCC1CCCCC1)c1cc(C(F)(F)F)n(C)n1.CC. The van der Waals surface area contributed by atoms with Gasteiger partial charge in [-0.2, -0.15) is 18.3 Å². The van der Waals surface area contributed by atoms with Crippen LogP contribution in [0.15, 0.2) is 12.1 Å². The van der Waals surface area contributed by atoms with E-state index in [4.69, 9.17) is 0 Å². The average Bonchev–Trinajstić information content (AvgIpc) is 3.08. The minimum absolute atomic E-state index is 0.0908. The van der Waals surface area contributed by atoms with Gasteiger partial charge in [-0.1, -0.05) is 39.2 Å². The Labute approximate surface area is 170 Å². The van der Waals surface area contributed by atoms with Gasteiger partial charge in [0.05, 0.1) is 10.9 Å². The summed E-state index contributed by atoms with van der Waals surface area (Å²) < 4.78 is 39.7.